The zero-order valence-electron chi connectivity index (χ0n) is 19.4. The fourth-order valence-electron chi connectivity index (χ4n) is 3.75. The van der Waals surface area contributed by atoms with Crippen LogP contribution in [-0.4, -0.2) is 40.1 Å². The predicted molar refractivity (Wildman–Crippen MR) is 126 cm³/mol. The van der Waals surface area contributed by atoms with E-state index in [0.29, 0.717) is 29.3 Å². The van der Waals surface area contributed by atoms with Crippen molar-refractivity contribution in [1.82, 2.24) is 15.4 Å². The second-order valence-corrected chi connectivity index (χ2v) is 10.0. The van der Waals surface area contributed by atoms with Crippen molar-refractivity contribution in [2.24, 2.45) is 0 Å². The van der Waals surface area contributed by atoms with E-state index in [1.54, 1.807) is 24.3 Å². The molecular weight excluding hydrogens is 505 g/mol. The molecular formula is C23H28ClKN3O5S+. The van der Waals surface area contributed by atoms with E-state index in [4.69, 9.17) is 16.3 Å². The van der Waals surface area contributed by atoms with Crippen molar-refractivity contribution in [2.75, 3.05) is 13.7 Å². The molecule has 1 fully saturated rings. The molecule has 8 nitrogen and oxygen atoms in total. The molecule has 0 bridgehead atoms. The van der Waals surface area contributed by atoms with Crippen LogP contribution in [0.2, 0.25) is 5.02 Å². The number of methoxy groups -OCH3 is 1. The van der Waals surface area contributed by atoms with Gasteiger partial charge in [-0.25, -0.2) is 17.9 Å². The molecule has 0 atom stereocenters. The van der Waals surface area contributed by atoms with Crippen LogP contribution < -0.4 is 71.5 Å². The van der Waals surface area contributed by atoms with Gasteiger partial charge in [0.25, 0.3) is 15.9 Å². The first-order chi connectivity index (χ1) is 15.8. The fourth-order valence-corrected chi connectivity index (χ4v) is 4.84. The van der Waals surface area contributed by atoms with Gasteiger partial charge in [0.1, 0.15) is 5.75 Å². The molecule has 2 aromatic rings. The van der Waals surface area contributed by atoms with Gasteiger partial charge in [-0.2, -0.15) is 0 Å². The molecule has 3 rings (SSSR count). The van der Waals surface area contributed by atoms with Crippen LogP contribution >= 0.6 is 11.6 Å². The molecule has 34 heavy (non-hydrogen) atoms. The van der Waals surface area contributed by atoms with E-state index in [9.17, 15) is 18.0 Å². The van der Waals surface area contributed by atoms with Crippen molar-refractivity contribution in [2.45, 2.75) is 49.5 Å². The number of halogens is 1. The normalized spacial score (nSPS) is 13.9. The van der Waals surface area contributed by atoms with E-state index in [1.165, 1.54) is 25.3 Å². The van der Waals surface area contributed by atoms with E-state index < -0.39 is 16.1 Å². The van der Waals surface area contributed by atoms with Crippen LogP contribution in [0.1, 0.15) is 48.0 Å². The monoisotopic (exact) mass is 532 g/mol. The van der Waals surface area contributed by atoms with Crippen molar-refractivity contribution in [3.05, 3.63) is 58.6 Å². The summed E-state index contributed by atoms with van der Waals surface area (Å²) in [6.45, 7) is 0.336. The smallest absolute Gasteiger partial charge is 0.496 e. The molecule has 0 heterocycles. The SMILES string of the molecule is COc1ccc(Cl)cc1C(=O)NCCc1ccc(S(=O)(=O)NC(=O)NC2CCCCC2)cc1.[K+]. The predicted octanol–water partition coefficient (Wildman–Crippen LogP) is 0.646. The van der Waals surface area contributed by atoms with E-state index in [1.807, 2.05) is 0 Å². The summed E-state index contributed by atoms with van der Waals surface area (Å²) < 4.78 is 32.2. The molecule has 3 amide bonds. The van der Waals surface area contributed by atoms with Gasteiger partial charge in [0.15, 0.2) is 0 Å². The second-order valence-electron chi connectivity index (χ2n) is 7.91. The van der Waals surface area contributed by atoms with Crippen molar-refractivity contribution in [1.29, 1.82) is 0 Å². The maximum atomic E-state index is 12.5. The van der Waals surface area contributed by atoms with Crippen LogP contribution in [0.15, 0.2) is 47.4 Å². The molecule has 2 aromatic carbocycles. The summed E-state index contributed by atoms with van der Waals surface area (Å²) in [5.74, 6) is 0.105. The second kappa shape index (κ2) is 13.8. The molecule has 0 aromatic heterocycles. The van der Waals surface area contributed by atoms with Gasteiger partial charge < -0.3 is 15.4 Å². The zero-order valence-corrected chi connectivity index (χ0v) is 24.1. The van der Waals surface area contributed by atoms with Gasteiger partial charge >= 0.3 is 57.4 Å². The molecule has 178 valence electrons. The first kappa shape index (κ1) is 29.1. The number of ether oxygens (including phenoxy) is 1. The van der Waals surface area contributed by atoms with E-state index in [-0.39, 0.29) is 68.2 Å². The molecule has 11 heteroatoms. The number of rotatable bonds is 8. The summed E-state index contributed by atoms with van der Waals surface area (Å²) in [5.41, 5.74) is 1.17. The largest absolute Gasteiger partial charge is 1.00 e. The number of hydrogen-bond acceptors (Lipinski definition) is 5. The Morgan fingerprint density at radius 2 is 1.74 bits per heavy atom. The molecule has 0 spiro atoms. The minimum absolute atomic E-state index is 0. The molecule has 0 unspecified atom stereocenters. The minimum atomic E-state index is -3.97. The maximum absolute atomic E-state index is 12.5. The molecule has 0 radical (unpaired) electrons. The van der Waals surface area contributed by atoms with Gasteiger partial charge in [0.05, 0.1) is 17.6 Å². The number of nitrogens with one attached hydrogen (secondary N) is 3. The van der Waals surface area contributed by atoms with E-state index in [2.05, 4.69) is 15.4 Å². The van der Waals surface area contributed by atoms with Crippen molar-refractivity contribution in [3.63, 3.8) is 0 Å². The van der Waals surface area contributed by atoms with Gasteiger partial charge in [0.2, 0.25) is 0 Å². The van der Waals surface area contributed by atoms with Gasteiger partial charge in [-0.3, -0.25) is 4.79 Å². The van der Waals surface area contributed by atoms with Crippen molar-refractivity contribution >= 4 is 33.6 Å². The summed E-state index contributed by atoms with van der Waals surface area (Å²) in [6.07, 6.45) is 5.43. The Kier molecular flexibility index (Phi) is 11.8. The van der Waals surface area contributed by atoms with Gasteiger partial charge in [-0.1, -0.05) is 43.0 Å². The molecule has 0 aliphatic heterocycles. The first-order valence-corrected chi connectivity index (χ1v) is 12.7. The van der Waals surface area contributed by atoms with Crippen LogP contribution in [0.3, 0.4) is 0 Å². The Bertz CT molecular complexity index is 1090. The van der Waals surface area contributed by atoms with Crippen LogP contribution in [0.5, 0.6) is 5.75 Å². The fraction of sp³-hybridized carbons (Fsp3) is 0.391. The summed E-state index contributed by atoms with van der Waals surface area (Å²) in [6, 6.07) is 10.3. The Morgan fingerprint density at radius 1 is 1.06 bits per heavy atom. The van der Waals surface area contributed by atoms with Crippen LogP contribution in [-0.2, 0) is 16.4 Å². The van der Waals surface area contributed by atoms with Crippen LogP contribution in [0.4, 0.5) is 4.79 Å². The molecule has 1 saturated carbocycles. The minimum Gasteiger partial charge on any atom is -0.496 e. The molecule has 3 N–H and O–H groups in total. The Hall–Kier alpha value is -1.14. The summed E-state index contributed by atoms with van der Waals surface area (Å²) in [4.78, 5) is 24.5. The van der Waals surface area contributed by atoms with Gasteiger partial charge in [-0.15, -0.1) is 0 Å². The number of sulfonamides is 1. The Balaban J connectivity index is 0.00000408. The molecule has 1 aliphatic carbocycles. The molecule has 0 saturated heterocycles. The molecule has 1 aliphatic rings. The average Bonchev–Trinajstić information content (AvgIpc) is 2.79. The average molecular weight is 533 g/mol. The summed E-state index contributed by atoms with van der Waals surface area (Å²) in [5, 5.41) is 5.96. The number of hydrogen-bond donors (Lipinski definition) is 3. The zero-order chi connectivity index (χ0) is 23.8. The van der Waals surface area contributed by atoms with Gasteiger partial charge in [-0.05, 0) is 55.2 Å². The third kappa shape index (κ3) is 8.51. The standard InChI is InChI=1S/C23H28ClN3O5S.K/c1-32-21-12-9-17(24)15-20(21)22(28)25-14-13-16-7-10-19(11-8-16)33(30,31)27-23(29)26-18-5-3-2-4-6-18;/h7-12,15,18H,2-6,13-14H2,1H3,(H,25,28)(H2,26,27,29);/q;+1. The van der Waals surface area contributed by atoms with Crippen LogP contribution in [0.25, 0.3) is 0 Å². The Labute approximate surface area is 248 Å². The van der Waals surface area contributed by atoms with Crippen LogP contribution in [0, 0.1) is 0 Å². The summed E-state index contributed by atoms with van der Waals surface area (Å²) in [7, 11) is -2.49. The van der Waals surface area contributed by atoms with E-state index in [0.717, 1.165) is 37.7 Å². The quantitative estimate of drug-likeness (QED) is 0.432. The number of carbonyl (C=O) groups excluding carboxylic acids is 2. The maximum Gasteiger partial charge on any atom is 1.00 e. The third-order valence-corrected chi connectivity index (χ3v) is 7.09. The third-order valence-electron chi connectivity index (χ3n) is 5.51. The number of amides is 3. The first-order valence-electron chi connectivity index (χ1n) is 10.8. The van der Waals surface area contributed by atoms with Crippen molar-refractivity contribution < 1.29 is 74.1 Å². The number of carbonyl (C=O) groups is 2. The van der Waals surface area contributed by atoms with Crippen molar-refractivity contribution in [3.8, 4) is 5.75 Å². The summed E-state index contributed by atoms with van der Waals surface area (Å²) >= 11 is 5.96. The van der Waals surface area contributed by atoms with Gasteiger partial charge in [0, 0.05) is 17.6 Å². The Morgan fingerprint density at radius 3 is 2.38 bits per heavy atom. The number of benzene rings is 2. The topological polar surface area (TPSA) is 114 Å². The number of urea groups is 1. The van der Waals surface area contributed by atoms with E-state index >= 15 is 0 Å².